The topological polar surface area (TPSA) is 59.1 Å². The summed E-state index contributed by atoms with van der Waals surface area (Å²) >= 11 is 0. The molecule has 1 fully saturated rings. The fraction of sp³-hybridized carbons (Fsp3) is 0.545. The number of hydrogen-bond acceptors (Lipinski definition) is 5. The van der Waals surface area contributed by atoms with Gasteiger partial charge < -0.3 is 14.4 Å². The number of nitrogens with zero attached hydrogens (tertiary/aromatic N) is 2. The average molecular weight is 386 g/mol. The largest absolute Gasteiger partial charge is 0.497 e. The van der Waals surface area contributed by atoms with Crippen molar-refractivity contribution in [2.75, 3.05) is 40.5 Å². The van der Waals surface area contributed by atoms with E-state index in [4.69, 9.17) is 9.47 Å². The first-order valence-corrected chi connectivity index (χ1v) is 9.97. The molecule has 2 heterocycles. The number of carbonyl (C=O) groups is 2. The normalized spacial score (nSPS) is 22.2. The minimum atomic E-state index is -0.730. The van der Waals surface area contributed by atoms with Gasteiger partial charge in [-0.1, -0.05) is 18.6 Å². The molecule has 1 aromatic rings. The molecule has 6 heteroatoms. The second-order valence-electron chi connectivity index (χ2n) is 7.46. The number of piperidine rings is 1. The van der Waals surface area contributed by atoms with Gasteiger partial charge in [0.15, 0.2) is 5.78 Å². The fourth-order valence-electron chi connectivity index (χ4n) is 4.21. The van der Waals surface area contributed by atoms with Crippen LogP contribution in [0.1, 0.15) is 37.8 Å². The van der Waals surface area contributed by atoms with E-state index in [1.54, 1.807) is 25.2 Å². The number of ether oxygens (including phenoxy) is 2. The van der Waals surface area contributed by atoms with Crippen molar-refractivity contribution in [3.63, 3.8) is 0 Å². The van der Waals surface area contributed by atoms with Crippen LogP contribution in [0.4, 0.5) is 0 Å². The minimum absolute atomic E-state index is 0.109. The highest BCUT2D eigenvalue weighted by atomic mass is 16.5. The molecule has 2 aliphatic heterocycles. The Morgan fingerprint density at radius 3 is 2.36 bits per heavy atom. The third kappa shape index (κ3) is 4.28. The van der Waals surface area contributed by atoms with Crippen molar-refractivity contribution in [1.29, 1.82) is 0 Å². The molecule has 1 aromatic carbocycles. The van der Waals surface area contributed by atoms with E-state index in [2.05, 4.69) is 4.90 Å². The standard InChI is InChI=1S/C22H30N2O4/c1-16-15-19(25)20(22(26)24(16)13-14-27-2)21(23-11-5-4-6-12-23)17-7-9-18(28-3)10-8-17/h7-10,15,20-21H,4-6,11-14H2,1-3H3. The van der Waals surface area contributed by atoms with Crippen LogP contribution in [0, 0.1) is 5.92 Å². The van der Waals surface area contributed by atoms with Crippen LogP contribution >= 0.6 is 0 Å². The highest BCUT2D eigenvalue weighted by Crippen LogP contribution is 2.36. The van der Waals surface area contributed by atoms with Gasteiger partial charge in [-0.3, -0.25) is 14.5 Å². The number of amides is 1. The van der Waals surface area contributed by atoms with Gasteiger partial charge >= 0.3 is 0 Å². The number of methoxy groups -OCH3 is 2. The van der Waals surface area contributed by atoms with Crippen LogP contribution in [0.2, 0.25) is 0 Å². The lowest BCUT2D eigenvalue weighted by atomic mass is 9.83. The van der Waals surface area contributed by atoms with E-state index in [9.17, 15) is 9.59 Å². The third-order valence-corrected chi connectivity index (χ3v) is 5.69. The van der Waals surface area contributed by atoms with E-state index in [0.29, 0.717) is 18.8 Å². The second kappa shape index (κ2) is 9.34. The first-order chi connectivity index (χ1) is 13.6. The van der Waals surface area contributed by atoms with Crippen molar-refractivity contribution in [2.24, 2.45) is 5.92 Å². The quantitative estimate of drug-likeness (QED) is 0.675. The zero-order valence-corrected chi connectivity index (χ0v) is 17.0. The molecular weight excluding hydrogens is 356 g/mol. The molecule has 0 aromatic heterocycles. The number of likely N-dealkylation sites (tertiary alicyclic amines) is 1. The van der Waals surface area contributed by atoms with Gasteiger partial charge in [0.2, 0.25) is 5.91 Å². The van der Waals surface area contributed by atoms with E-state index in [1.165, 1.54) is 6.42 Å². The Labute approximate surface area is 167 Å². The molecule has 6 nitrogen and oxygen atoms in total. The van der Waals surface area contributed by atoms with Gasteiger partial charge in [0.05, 0.1) is 19.8 Å². The van der Waals surface area contributed by atoms with Gasteiger partial charge in [-0.2, -0.15) is 0 Å². The fourth-order valence-corrected chi connectivity index (χ4v) is 4.21. The van der Waals surface area contributed by atoms with Crippen LogP contribution in [0.25, 0.3) is 0 Å². The average Bonchev–Trinajstić information content (AvgIpc) is 2.71. The van der Waals surface area contributed by atoms with E-state index < -0.39 is 5.92 Å². The monoisotopic (exact) mass is 386 g/mol. The van der Waals surface area contributed by atoms with E-state index in [-0.39, 0.29) is 17.7 Å². The first kappa shape index (κ1) is 20.6. The molecule has 0 aliphatic carbocycles. The van der Waals surface area contributed by atoms with Crippen LogP contribution in [-0.2, 0) is 14.3 Å². The zero-order valence-electron chi connectivity index (χ0n) is 17.0. The van der Waals surface area contributed by atoms with Gasteiger partial charge in [-0.05, 0) is 50.6 Å². The maximum absolute atomic E-state index is 13.4. The lowest BCUT2D eigenvalue weighted by Gasteiger charge is -2.41. The molecule has 2 atom stereocenters. The van der Waals surface area contributed by atoms with Crippen molar-refractivity contribution in [3.8, 4) is 5.75 Å². The zero-order chi connectivity index (χ0) is 20.1. The Kier molecular flexibility index (Phi) is 6.86. The van der Waals surface area contributed by atoms with E-state index in [0.717, 1.165) is 37.2 Å². The molecule has 0 N–H and O–H groups in total. The summed E-state index contributed by atoms with van der Waals surface area (Å²) in [5.41, 5.74) is 1.67. The van der Waals surface area contributed by atoms with Crippen LogP contribution in [-0.4, -0.2) is 62.0 Å². The van der Waals surface area contributed by atoms with Gasteiger partial charge in [0.25, 0.3) is 0 Å². The molecule has 1 saturated heterocycles. The molecule has 3 rings (SSSR count). The number of rotatable bonds is 7. The number of allylic oxidation sites excluding steroid dienone is 2. The minimum Gasteiger partial charge on any atom is -0.497 e. The number of benzene rings is 1. The number of ketones is 1. The molecule has 2 aliphatic rings. The smallest absolute Gasteiger partial charge is 0.239 e. The highest BCUT2D eigenvalue weighted by Gasteiger charge is 2.43. The van der Waals surface area contributed by atoms with E-state index >= 15 is 0 Å². The SMILES string of the molecule is COCCN1C(=O)C(C(c2ccc(OC)cc2)N2CCCCC2)C(=O)C=C1C. The Balaban J connectivity index is 1.97. The summed E-state index contributed by atoms with van der Waals surface area (Å²) in [6.45, 7) is 4.50. The summed E-state index contributed by atoms with van der Waals surface area (Å²) in [4.78, 5) is 30.4. The van der Waals surface area contributed by atoms with Crippen LogP contribution in [0.3, 0.4) is 0 Å². The Morgan fingerprint density at radius 1 is 1.07 bits per heavy atom. The van der Waals surface area contributed by atoms with Crippen LogP contribution in [0.5, 0.6) is 5.75 Å². The maximum atomic E-state index is 13.4. The van der Waals surface area contributed by atoms with Crippen molar-refractivity contribution in [2.45, 2.75) is 32.2 Å². The summed E-state index contributed by atoms with van der Waals surface area (Å²) < 4.78 is 10.4. The highest BCUT2D eigenvalue weighted by molar-refractivity contribution is 6.10. The summed E-state index contributed by atoms with van der Waals surface area (Å²) in [5, 5.41) is 0. The predicted octanol–water partition coefficient (Wildman–Crippen LogP) is 2.80. The lowest BCUT2D eigenvalue weighted by Crippen LogP contribution is -2.50. The van der Waals surface area contributed by atoms with Crippen molar-refractivity contribution < 1.29 is 19.1 Å². The summed E-state index contributed by atoms with van der Waals surface area (Å²) in [6, 6.07) is 7.48. The van der Waals surface area contributed by atoms with Gasteiger partial charge in [-0.15, -0.1) is 0 Å². The molecule has 0 radical (unpaired) electrons. The second-order valence-corrected chi connectivity index (χ2v) is 7.46. The van der Waals surface area contributed by atoms with E-state index in [1.807, 2.05) is 31.2 Å². The number of hydrogen-bond donors (Lipinski definition) is 0. The van der Waals surface area contributed by atoms with Crippen LogP contribution < -0.4 is 4.74 Å². The predicted molar refractivity (Wildman–Crippen MR) is 107 cm³/mol. The van der Waals surface area contributed by atoms with Crippen molar-refractivity contribution in [3.05, 3.63) is 41.6 Å². The molecule has 0 spiro atoms. The lowest BCUT2D eigenvalue weighted by molar-refractivity contribution is -0.143. The molecular formula is C22H30N2O4. The maximum Gasteiger partial charge on any atom is 0.239 e. The first-order valence-electron chi connectivity index (χ1n) is 9.97. The Bertz CT molecular complexity index is 723. The number of carbonyl (C=O) groups excluding carboxylic acids is 2. The van der Waals surface area contributed by atoms with Gasteiger partial charge in [-0.25, -0.2) is 0 Å². The molecule has 28 heavy (non-hydrogen) atoms. The Hall–Kier alpha value is -2.18. The summed E-state index contributed by atoms with van der Waals surface area (Å²) in [7, 11) is 3.25. The molecule has 0 saturated carbocycles. The van der Waals surface area contributed by atoms with Crippen molar-refractivity contribution in [1.82, 2.24) is 9.80 Å². The van der Waals surface area contributed by atoms with Crippen molar-refractivity contribution >= 4 is 11.7 Å². The van der Waals surface area contributed by atoms with Gasteiger partial charge in [0.1, 0.15) is 11.7 Å². The summed E-state index contributed by atoms with van der Waals surface area (Å²) in [6.07, 6.45) is 4.98. The molecule has 0 bridgehead atoms. The summed E-state index contributed by atoms with van der Waals surface area (Å²) in [5.74, 6) is -0.206. The Morgan fingerprint density at radius 2 is 1.75 bits per heavy atom. The third-order valence-electron chi connectivity index (χ3n) is 5.69. The molecule has 2 unspecified atom stereocenters. The van der Waals surface area contributed by atoms with Gasteiger partial charge in [0, 0.05) is 25.4 Å². The molecule has 152 valence electrons. The molecule has 1 amide bonds. The van der Waals surface area contributed by atoms with Crippen LogP contribution in [0.15, 0.2) is 36.0 Å².